The molecule has 0 unspecified atom stereocenters. The van der Waals surface area contributed by atoms with Gasteiger partial charge in [-0.05, 0) is 6.42 Å². The molecular weight excluding hydrogens is 403 g/mol. The van der Waals surface area contributed by atoms with E-state index >= 15 is 0 Å². The van der Waals surface area contributed by atoms with Crippen molar-refractivity contribution in [3.63, 3.8) is 0 Å². The zero-order chi connectivity index (χ0) is 14.4. The number of unbranched alkanes of at least 4 members (excludes halogenated alkanes) is 11. The Balaban J connectivity index is 0. The minimum absolute atomic E-state index is 0. The molecule has 4 nitrogen and oxygen atoms in total. The average Bonchev–Trinajstić information content (AvgIpc) is 2.34. The smallest absolute Gasteiger partial charge is 0.303 e. The van der Waals surface area contributed by atoms with Crippen molar-refractivity contribution in [1.82, 2.24) is 0 Å². The molecule has 2 N–H and O–H groups in total. The third-order valence-electron chi connectivity index (χ3n) is 3.26. The van der Waals surface area contributed by atoms with Gasteiger partial charge in [-0.15, -0.1) is 0 Å². The minimum Gasteiger partial charge on any atom is -0.303 e. The van der Waals surface area contributed by atoms with E-state index in [-0.39, 0.29) is 48.4 Å². The summed E-state index contributed by atoms with van der Waals surface area (Å²) in [7, 11) is -4.25. The van der Waals surface area contributed by atoms with Crippen molar-refractivity contribution in [3.05, 3.63) is 0 Å². The number of phosphoric acid groups is 1. The molecule has 0 fully saturated rings. The summed E-state index contributed by atoms with van der Waals surface area (Å²) in [5.74, 6) is 0. The zero-order valence-electron chi connectivity index (χ0n) is 12.9. The van der Waals surface area contributed by atoms with Crippen LogP contribution in [0.25, 0.3) is 0 Å². The second-order valence-electron chi connectivity index (χ2n) is 5.21. The summed E-state index contributed by atoms with van der Waals surface area (Å²) in [6.45, 7) is 2.41. The van der Waals surface area contributed by atoms with Crippen molar-refractivity contribution in [2.24, 2.45) is 0 Å². The Kier molecular flexibility index (Phi) is 20.0. The van der Waals surface area contributed by atoms with Crippen molar-refractivity contribution >= 4 is 7.82 Å². The van der Waals surface area contributed by atoms with Gasteiger partial charge in [0.05, 0.1) is 6.61 Å². The molecule has 0 aromatic heterocycles. The van der Waals surface area contributed by atoms with E-state index in [0.717, 1.165) is 19.3 Å². The molecule has 0 heterocycles. The van der Waals surface area contributed by atoms with Crippen molar-refractivity contribution < 1.29 is 60.6 Å². The van der Waals surface area contributed by atoms with Crippen LogP contribution in [0.5, 0.6) is 0 Å². The summed E-state index contributed by atoms with van der Waals surface area (Å²) in [5.41, 5.74) is 0. The third-order valence-corrected chi connectivity index (χ3v) is 3.78. The van der Waals surface area contributed by atoms with E-state index in [4.69, 9.17) is 9.79 Å². The summed E-state index contributed by atoms with van der Waals surface area (Å²) in [6, 6.07) is 0. The molecule has 0 aliphatic carbocycles. The number of hydrogen-bond acceptors (Lipinski definition) is 2. The van der Waals surface area contributed by atoms with E-state index in [1.54, 1.807) is 0 Å². The van der Waals surface area contributed by atoms with Crippen LogP contribution in [0.2, 0.25) is 0 Å². The molecule has 20 heavy (non-hydrogen) atoms. The number of hydrogen-bond donors (Lipinski definition) is 2. The third kappa shape index (κ3) is 21.8. The van der Waals surface area contributed by atoms with Crippen LogP contribution in [-0.2, 0) is 9.09 Å². The maximum atomic E-state index is 10.4. The summed E-state index contributed by atoms with van der Waals surface area (Å²) in [5, 5.41) is 0. The summed E-state index contributed by atoms with van der Waals surface area (Å²) < 4.78 is 14.8. The second-order valence-corrected chi connectivity index (χ2v) is 6.45. The summed E-state index contributed by atoms with van der Waals surface area (Å²) >= 11 is 0. The maximum Gasteiger partial charge on any atom is 0.469 e. The van der Waals surface area contributed by atoms with Gasteiger partial charge in [-0.25, -0.2) is 4.57 Å². The molecule has 0 spiro atoms. The van der Waals surface area contributed by atoms with Crippen molar-refractivity contribution in [2.45, 2.75) is 84.0 Å². The van der Waals surface area contributed by atoms with Crippen LogP contribution in [0.1, 0.15) is 84.0 Å². The molecule has 0 saturated heterocycles. The van der Waals surface area contributed by atoms with Crippen LogP contribution in [0.15, 0.2) is 0 Å². The van der Waals surface area contributed by atoms with Gasteiger partial charge in [0, 0.05) is 41.7 Å². The molecule has 120 valence electrons. The summed E-state index contributed by atoms with van der Waals surface area (Å²) in [4.78, 5) is 17.0. The summed E-state index contributed by atoms with van der Waals surface area (Å²) in [6.07, 6.45) is 14.9. The second kappa shape index (κ2) is 16.9. The normalized spacial score (nSPS) is 11.3. The van der Waals surface area contributed by atoms with Gasteiger partial charge in [0.15, 0.2) is 0 Å². The van der Waals surface area contributed by atoms with Crippen LogP contribution in [0.3, 0.4) is 0 Å². The predicted molar refractivity (Wildman–Crippen MR) is 79.1 cm³/mol. The molecule has 0 radical (unpaired) electrons. The first kappa shape index (κ1) is 23.7. The first-order chi connectivity index (χ1) is 9.06. The molecule has 0 rings (SSSR count). The molecular formula is C14H31CeO4P. The Morgan fingerprint density at radius 3 is 1.45 bits per heavy atom. The van der Waals surface area contributed by atoms with E-state index in [9.17, 15) is 4.57 Å². The van der Waals surface area contributed by atoms with Crippen LogP contribution in [0.4, 0.5) is 0 Å². The Morgan fingerprint density at radius 1 is 0.750 bits per heavy atom. The molecule has 0 amide bonds. The molecule has 0 aliphatic heterocycles. The van der Waals surface area contributed by atoms with Gasteiger partial charge in [-0.3, -0.25) is 4.52 Å². The van der Waals surface area contributed by atoms with E-state index in [2.05, 4.69) is 11.4 Å². The Bertz CT molecular complexity index is 233. The molecule has 0 atom stereocenters. The van der Waals surface area contributed by atoms with E-state index in [0.29, 0.717) is 0 Å². The first-order valence-electron chi connectivity index (χ1n) is 7.76. The number of phosphoric ester groups is 1. The molecule has 0 aromatic carbocycles. The van der Waals surface area contributed by atoms with Crippen molar-refractivity contribution in [2.75, 3.05) is 6.61 Å². The van der Waals surface area contributed by atoms with Gasteiger partial charge in [-0.1, -0.05) is 77.6 Å². The topological polar surface area (TPSA) is 66.8 Å². The Labute approximate surface area is 158 Å². The van der Waals surface area contributed by atoms with E-state index in [1.165, 1.54) is 57.8 Å². The van der Waals surface area contributed by atoms with Gasteiger partial charge >= 0.3 is 7.82 Å². The van der Waals surface area contributed by atoms with E-state index in [1.807, 2.05) is 0 Å². The fourth-order valence-corrected chi connectivity index (χ4v) is 2.49. The van der Waals surface area contributed by atoms with Crippen molar-refractivity contribution in [1.29, 1.82) is 0 Å². The SMILES string of the molecule is CCCCCCCCCCCCCCOP(=O)(O)O.[Ce]. The fraction of sp³-hybridized carbons (Fsp3) is 1.00. The van der Waals surface area contributed by atoms with Crippen LogP contribution in [-0.4, -0.2) is 16.4 Å². The first-order valence-corrected chi connectivity index (χ1v) is 9.29. The molecule has 0 bridgehead atoms. The largest absolute Gasteiger partial charge is 0.469 e. The van der Waals surface area contributed by atoms with Gasteiger partial charge in [-0.2, -0.15) is 0 Å². The van der Waals surface area contributed by atoms with Crippen LogP contribution in [0, 0.1) is 41.7 Å². The molecule has 6 heteroatoms. The monoisotopic (exact) mass is 434 g/mol. The molecule has 0 aromatic rings. The van der Waals surface area contributed by atoms with Gasteiger partial charge in [0.25, 0.3) is 0 Å². The quantitative estimate of drug-likeness (QED) is 0.305. The van der Waals surface area contributed by atoms with Gasteiger partial charge in [0.2, 0.25) is 0 Å². The molecule has 0 saturated carbocycles. The van der Waals surface area contributed by atoms with Crippen LogP contribution < -0.4 is 0 Å². The predicted octanol–water partition coefficient (Wildman–Crippen LogP) is 4.80. The Hall–Kier alpha value is 1.49. The van der Waals surface area contributed by atoms with Gasteiger partial charge < -0.3 is 9.79 Å². The standard InChI is InChI=1S/C14H31O4P.Ce/c1-2-3-4-5-6-7-8-9-10-11-12-13-14-18-19(15,16)17;/h2-14H2,1H3,(H2,15,16,17);. The van der Waals surface area contributed by atoms with Crippen molar-refractivity contribution in [3.8, 4) is 0 Å². The van der Waals surface area contributed by atoms with Crippen LogP contribution >= 0.6 is 7.82 Å². The number of rotatable bonds is 14. The average molecular weight is 434 g/mol. The Morgan fingerprint density at radius 2 is 1.10 bits per heavy atom. The van der Waals surface area contributed by atoms with Gasteiger partial charge in [0.1, 0.15) is 0 Å². The van der Waals surface area contributed by atoms with E-state index < -0.39 is 7.82 Å². The minimum atomic E-state index is -4.25. The maximum absolute atomic E-state index is 10.4. The fourth-order valence-electron chi connectivity index (χ4n) is 2.13. The molecule has 0 aliphatic rings. The zero-order valence-corrected chi connectivity index (χ0v) is 16.9.